The molecule has 0 amide bonds. The van der Waals surface area contributed by atoms with Gasteiger partial charge in [-0.05, 0) is 26.1 Å². The first-order valence-electron chi connectivity index (χ1n) is 5.23. The van der Waals surface area contributed by atoms with Crippen molar-refractivity contribution in [1.29, 1.82) is 0 Å². The van der Waals surface area contributed by atoms with E-state index in [1.165, 1.54) is 11.5 Å². The van der Waals surface area contributed by atoms with Gasteiger partial charge in [-0.1, -0.05) is 22.2 Å². The molecule has 2 heterocycles. The number of rotatable bonds is 4. The van der Waals surface area contributed by atoms with Crippen LogP contribution in [0.15, 0.2) is 18.2 Å². The van der Waals surface area contributed by atoms with Crippen LogP contribution in [-0.4, -0.2) is 26.5 Å². The van der Waals surface area contributed by atoms with Gasteiger partial charge < -0.3 is 0 Å². The van der Waals surface area contributed by atoms with Crippen LogP contribution in [0.3, 0.4) is 0 Å². The highest BCUT2D eigenvalue weighted by atomic mass is 35.5. The predicted octanol–water partition coefficient (Wildman–Crippen LogP) is 2.53. The van der Waals surface area contributed by atoms with Crippen molar-refractivity contribution in [1.82, 2.24) is 19.5 Å². The highest BCUT2D eigenvalue weighted by Crippen LogP contribution is 2.18. The van der Waals surface area contributed by atoms with Crippen LogP contribution in [0.1, 0.15) is 17.1 Å². The topological polar surface area (TPSA) is 41.9 Å². The summed E-state index contributed by atoms with van der Waals surface area (Å²) in [7, 11) is 2.01. The average molecular weight is 269 g/mol. The van der Waals surface area contributed by atoms with Gasteiger partial charge in [0.2, 0.25) is 0 Å². The number of pyridine rings is 1. The van der Waals surface area contributed by atoms with Crippen LogP contribution >= 0.6 is 23.1 Å². The summed E-state index contributed by atoms with van der Waals surface area (Å²) in [4.78, 5) is 6.57. The van der Waals surface area contributed by atoms with Crippen molar-refractivity contribution in [2.45, 2.75) is 20.0 Å². The minimum absolute atomic E-state index is 0.661. The summed E-state index contributed by atoms with van der Waals surface area (Å²) in [6, 6.07) is 6.03. The molecule has 0 spiro atoms. The molecule has 2 aromatic rings. The first kappa shape index (κ1) is 12.4. The van der Waals surface area contributed by atoms with E-state index in [-0.39, 0.29) is 0 Å². The highest BCUT2D eigenvalue weighted by Gasteiger charge is 2.09. The molecule has 0 fully saturated rings. The molecule has 90 valence electrons. The lowest BCUT2D eigenvalue weighted by Gasteiger charge is -2.14. The van der Waals surface area contributed by atoms with Gasteiger partial charge in [-0.15, -0.1) is 5.10 Å². The standard InChI is InChI=1S/C11H13ClN4S/c1-8-4-3-5-9(13-8)6-16(2)7-10-11(12)17-15-14-10/h3-5H,6-7H2,1-2H3. The summed E-state index contributed by atoms with van der Waals surface area (Å²) < 4.78 is 4.47. The summed E-state index contributed by atoms with van der Waals surface area (Å²) in [5.41, 5.74) is 2.91. The monoisotopic (exact) mass is 268 g/mol. The lowest BCUT2D eigenvalue weighted by Crippen LogP contribution is -2.18. The van der Waals surface area contributed by atoms with Crippen LogP contribution in [0.25, 0.3) is 0 Å². The Hall–Kier alpha value is -1.04. The van der Waals surface area contributed by atoms with Gasteiger partial charge in [0.05, 0.1) is 5.69 Å². The zero-order valence-corrected chi connectivity index (χ0v) is 11.3. The molecule has 0 bridgehead atoms. The lowest BCUT2D eigenvalue weighted by molar-refractivity contribution is 0.311. The maximum atomic E-state index is 5.96. The van der Waals surface area contributed by atoms with Crippen molar-refractivity contribution in [3.8, 4) is 0 Å². The van der Waals surface area contributed by atoms with Crippen molar-refractivity contribution in [2.75, 3.05) is 7.05 Å². The summed E-state index contributed by atoms with van der Waals surface area (Å²) in [5.74, 6) is 0. The summed E-state index contributed by atoms with van der Waals surface area (Å²) in [6.45, 7) is 3.45. The van der Waals surface area contributed by atoms with E-state index in [9.17, 15) is 0 Å². The summed E-state index contributed by atoms with van der Waals surface area (Å²) in [6.07, 6.45) is 0. The zero-order valence-electron chi connectivity index (χ0n) is 9.72. The van der Waals surface area contributed by atoms with Crippen LogP contribution in [0, 0.1) is 6.92 Å². The fourth-order valence-corrected chi connectivity index (χ4v) is 2.18. The summed E-state index contributed by atoms with van der Waals surface area (Å²) >= 11 is 7.18. The molecule has 0 aliphatic rings. The second-order valence-corrected chi connectivity index (χ2v) is 5.29. The van der Waals surface area contributed by atoms with Crippen LogP contribution in [0.5, 0.6) is 0 Å². The fraction of sp³-hybridized carbons (Fsp3) is 0.364. The maximum absolute atomic E-state index is 5.96. The van der Waals surface area contributed by atoms with Gasteiger partial charge in [-0.3, -0.25) is 9.88 Å². The van der Waals surface area contributed by atoms with Crippen molar-refractivity contribution < 1.29 is 0 Å². The molecule has 2 aromatic heterocycles. The number of aryl methyl sites for hydroxylation is 1. The number of nitrogens with zero attached hydrogens (tertiary/aromatic N) is 4. The van der Waals surface area contributed by atoms with Crippen molar-refractivity contribution in [3.05, 3.63) is 39.6 Å². The second-order valence-electron chi connectivity index (χ2n) is 3.94. The largest absolute Gasteiger partial charge is 0.295 e. The molecule has 0 aromatic carbocycles. The summed E-state index contributed by atoms with van der Waals surface area (Å²) in [5, 5.41) is 3.99. The normalized spacial score (nSPS) is 11.1. The molecule has 4 nitrogen and oxygen atoms in total. The van der Waals surface area contributed by atoms with E-state index in [0.29, 0.717) is 10.9 Å². The van der Waals surface area contributed by atoms with Gasteiger partial charge in [-0.2, -0.15) is 0 Å². The Labute approximate surface area is 109 Å². The fourth-order valence-electron chi connectivity index (χ4n) is 1.57. The molecule has 0 radical (unpaired) electrons. The Kier molecular flexibility index (Phi) is 4.04. The smallest absolute Gasteiger partial charge is 0.138 e. The Morgan fingerprint density at radius 1 is 1.35 bits per heavy atom. The molecule has 0 aliphatic heterocycles. The molecular formula is C11H13ClN4S. The Morgan fingerprint density at radius 2 is 2.18 bits per heavy atom. The van der Waals surface area contributed by atoms with E-state index in [4.69, 9.17) is 11.6 Å². The lowest BCUT2D eigenvalue weighted by atomic mass is 10.3. The number of hydrogen-bond acceptors (Lipinski definition) is 5. The van der Waals surface area contributed by atoms with Gasteiger partial charge in [0.1, 0.15) is 10.0 Å². The molecule has 0 N–H and O–H groups in total. The molecule has 0 unspecified atom stereocenters. The minimum atomic E-state index is 0.661. The molecule has 0 aliphatic carbocycles. The van der Waals surface area contributed by atoms with E-state index in [0.717, 1.165) is 23.6 Å². The van der Waals surface area contributed by atoms with E-state index in [2.05, 4.69) is 19.5 Å². The third-order valence-electron chi connectivity index (χ3n) is 2.31. The Balaban J connectivity index is 1.98. The third kappa shape index (κ3) is 3.46. The predicted molar refractivity (Wildman–Crippen MR) is 69.1 cm³/mol. The Morgan fingerprint density at radius 3 is 2.82 bits per heavy atom. The van der Waals surface area contributed by atoms with Crippen LogP contribution < -0.4 is 0 Å². The van der Waals surface area contributed by atoms with Crippen LogP contribution in [0.4, 0.5) is 0 Å². The molecule has 0 saturated heterocycles. The number of hydrogen-bond donors (Lipinski definition) is 0. The minimum Gasteiger partial charge on any atom is -0.295 e. The quantitative estimate of drug-likeness (QED) is 0.855. The number of halogens is 1. The molecule has 0 saturated carbocycles. The first-order valence-corrected chi connectivity index (χ1v) is 6.38. The molecule has 6 heteroatoms. The maximum Gasteiger partial charge on any atom is 0.138 e. The van der Waals surface area contributed by atoms with Gasteiger partial charge in [0.25, 0.3) is 0 Å². The number of aromatic nitrogens is 3. The van der Waals surface area contributed by atoms with E-state index >= 15 is 0 Å². The van der Waals surface area contributed by atoms with Gasteiger partial charge >= 0.3 is 0 Å². The van der Waals surface area contributed by atoms with Crippen molar-refractivity contribution in [3.63, 3.8) is 0 Å². The van der Waals surface area contributed by atoms with E-state index < -0.39 is 0 Å². The average Bonchev–Trinajstić information content (AvgIpc) is 2.64. The second kappa shape index (κ2) is 5.53. The molecule has 0 atom stereocenters. The SMILES string of the molecule is Cc1cccc(CN(C)Cc2nnsc2Cl)n1. The van der Waals surface area contributed by atoms with Crippen molar-refractivity contribution in [2.24, 2.45) is 0 Å². The third-order valence-corrected chi connectivity index (χ3v) is 3.29. The van der Waals surface area contributed by atoms with Gasteiger partial charge in [0, 0.05) is 30.3 Å². The van der Waals surface area contributed by atoms with E-state index in [1.54, 1.807) is 0 Å². The Bertz CT molecular complexity index is 500. The zero-order chi connectivity index (χ0) is 12.3. The van der Waals surface area contributed by atoms with Crippen LogP contribution in [0.2, 0.25) is 4.34 Å². The highest BCUT2D eigenvalue weighted by molar-refractivity contribution is 7.10. The molecule has 17 heavy (non-hydrogen) atoms. The van der Waals surface area contributed by atoms with Crippen LogP contribution in [-0.2, 0) is 13.1 Å². The van der Waals surface area contributed by atoms with Gasteiger partial charge in [-0.25, -0.2) is 0 Å². The van der Waals surface area contributed by atoms with E-state index in [1.807, 2.05) is 32.2 Å². The molecular weight excluding hydrogens is 256 g/mol. The van der Waals surface area contributed by atoms with Gasteiger partial charge in [0.15, 0.2) is 0 Å². The van der Waals surface area contributed by atoms with Crippen molar-refractivity contribution >= 4 is 23.1 Å². The first-order chi connectivity index (χ1) is 8.15. The molecule has 2 rings (SSSR count).